The summed E-state index contributed by atoms with van der Waals surface area (Å²) in [7, 11) is 1.19. The Kier molecular flexibility index (Phi) is 15.7. The molecular formula is C45H64O21. The largest absolute Gasteiger partial charge is 0.507 e. The summed E-state index contributed by atoms with van der Waals surface area (Å²) in [5, 5.41) is 108. The van der Waals surface area contributed by atoms with Crippen LogP contribution in [0.1, 0.15) is 81.8 Å². The molecule has 0 saturated carbocycles. The normalized spacial score (nSPS) is 40.1. The van der Waals surface area contributed by atoms with E-state index in [1.807, 2.05) is 0 Å². The van der Waals surface area contributed by atoms with Crippen molar-refractivity contribution in [1.82, 2.24) is 0 Å². The zero-order valence-corrected chi connectivity index (χ0v) is 37.8. The first-order valence-electron chi connectivity index (χ1n) is 22.4. The van der Waals surface area contributed by atoms with Crippen LogP contribution in [0.25, 0.3) is 10.8 Å². The number of ether oxygens (including phenoxy) is 9. The predicted octanol–water partition coefficient (Wildman–Crippen LogP) is -0.520. The van der Waals surface area contributed by atoms with Crippen LogP contribution in [0.15, 0.2) is 12.1 Å². The quantitative estimate of drug-likeness (QED) is 0.121. The first kappa shape index (κ1) is 50.7. The lowest BCUT2D eigenvalue weighted by molar-refractivity contribution is -0.311. The van der Waals surface area contributed by atoms with Crippen molar-refractivity contribution >= 4 is 22.3 Å². The predicted molar refractivity (Wildman–Crippen MR) is 224 cm³/mol. The lowest BCUT2D eigenvalue weighted by Crippen LogP contribution is -2.56. The summed E-state index contributed by atoms with van der Waals surface area (Å²) in [6.07, 6.45) is -23.5. The molecule has 3 unspecified atom stereocenters. The first-order valence-corrected chi connectivity index (χ1v) is 22.4. The van der Waals surface area contributed by atoms with Gasteiger partial charge in [-0.3, -0.25) is 9.59 Å². The Balaban J connectivity index is 1.18. The van der Waals surface area contributed by atoms with Gasteiger partial charge in [0, 0.05) is 44.3 Å². The maximum atomic E-state index is 14.8. The van der Waals surface area contributed by atoms with Gasteiger partial charge < -0.3 is 93.7 Å². The summed E-state index contributed by atoms with van der Waals surface area (Å²) in [6.45, 7) is 9.02. The van der Waals surface area contributed by atoms with Gasteiger partial charge in [-0.25, -0.2) is 0 Å². The summed E-state index contributed by atoms with van der Waals surface area (Å²) < 4.78 is 53.7. The minimum atomic E-state index is -1.92. The number of Topliss-reactive ketones (excluding diaryl/α,β-unsaturated/α-hetero) is 2. The van der Waals surface area contributed by atoms with E-state index in [1.54, 1.807) is 27.7 Å². The number of fused-ring (bicyclic) bond motifs is 2. The van der Waals surface area contributed by atoms with Crippen LogP contribution >= 0.6 is 0 Å². The van der Waals surface area contributed by atoms with Crippen molar-refractivity contribution in [2.24, 2.45) is 5.92 Å². The van der Waals surface area contributed by atoms with Crippen LogP contribution in [0.2, 0.25) is 0 Å². The van der Waals surface area contributed by atoms with Gasteiger partial charge in [-0.15, -0.1) is 0 Å². The Morgan fingerprint density at radius 1 is 0.697 bits per heavy atom. The number of carbonyl (C=O) groups is 2. The summed E-state index contributed by atoms with van der Waals surface area (Å²) >= 11 is 0. The molecule has 66 heavy (non-hydrogen) atoms. The minimum Gasteiger partial charge on any atom is -0.507 e. The number of carbonyl (C=O) groups excluding carboxylic acids is 2. The molecule has 4 saturated heterocycles. The van der Waals surface area contributed by atoms with Crippen molar-refractivity contribution in [1.29, 1.82) is 0 Å². The molecule has 7 rings (SSSR count). The molecule has 0 radical (unpaired) electrons. The van der Waals surface area contributed by atoms with E-state index in [2.05, 4.69) is 0 Å². The van der Waals surface area contributed by atoms with Gasteiger partial charge in [0.1, 0.15) is 60.0 Å². The molecule has 4 heterocycles. The number of aliphatic hydroxyl groups is 8. The third-order valence-corrected chi connectivity index (χ3v) is 13.5. The molecule has 21 heteroatoms. The van der Waals surface area contributed by atoms with Gasteiger partial charge in [0.05, 0.1) is 65.9 Å². The van der Waals surface area contributed by atoms with Crippen LogP contribution < -0.4 is 4.74 Å². The molecule has 1 aliphatic carbocycles. The fourth-order valence-corrected chi connectivity index (χ4v) is 9.62. The molecule has 0 bridgehead atoms. The van der Waals surface area contributed by atoms with E-state index in [0.717, 1.165) is 0 Å². The van der Waals surface area contributed by atoms with Gasteiger partial charge in [-0.05, 0) is 71.0 Å². The number of methoxy groups -OCH3 is 1. The number of aromatic hydroxyl groups is 2. The smallest absolute Gasteiger partial charge is 0.202 e. The van der Waals surface area contributed by atoms with Gasteiger partial charge >= 0.3 is 0 Å². The van der Waals surface area contributed by atoms with Gasteiger partial charge in [0.25, 0.3) is 0 Å². The SMILES string of the molecule is CO[C@H](C(=O)[C@@H](O)[C@@H](C)O)[C@@H]1Cc2cc3cc(O[C@H]4CC(O[C@H]5CC(O)[C@H](O)[C@@H](C)O5)[C@H](O)[C@@H](C)O4)c(C)c(O)c3c(O)c2C(=O)[C@H]1O[C@H]1CC(O[C@H]2C[C@H](O)[C@@H](O)[C@@H](C)O2)[C@H](O)[C@@H](C)O1. The molecule has 4 fully saturated rings. The van der Waals surface area contributed by atoms with Gasteiger partial charge in [-0.1, -0.05) is 0 Å². The Labute approximate surface area is 380 Å². The van der Waals surface area contributed by atoms with Gasteiger partial charge in [-0.2, -0.15) is 0 Å². The Hall–Kier alpha value is -3.20. The molecule has 2 aromatic rings. The van der Waals surface area contributed by atoms with E-state index in [1.165, 1.54) is 33.1 Å². The van der Waals surface area contributed by atoms with Crippen molar-refractivity contribution in [2.75, 3.05) is 7.11 Å². The number of phenolic OH excluding ortho intramolecular Hbond substituents is 2. The molecular weight excluding hydrogens is 876 g/mol. The topological polar surface area (TPSA) is 320 Å². The molecule has 2 aromatic carbocycles. The monoisotopic (exact) mass is 940 g/mol. The van der Waals surface area contributed by atoms with Crippen LogP contribution in [0, 0.1) is 12.8 Å². The second kappa shape index (κ2) is 20.4. The second-order valence-electron chi connectivity index (χ2n) is 18.3. The number of hydrogen-bond donors (Lipinski definition) is 10. The van der Waals surface area contributed by atoms with E-state index in [0.29, 0.717) is 0 Å². The molecule has 10 N–H and O–H groups in total. The zero-order valence-electron chi connectivity index (χ0n) is 37.8. The minimum absolute atomic E-state index is 0.0233. The lowest BCUT2D eigenvalue weighted by atomic mass is 9.75. The van der Waals surface area contributed by atoms with Crippen molar-refractivity contribution < 1.29 is 103 Å². The van der Waals surface area contributed by atoms with Crippen molar-refractivity contribution in [2.45, 2.75) is 196 Å². The molecule has 0 spiro atoms. The zero-order chi connectivity index (χ0) is 48.2. The summed E-state index contributed by atoms with van der Waals surface area (Å²) in [6, 6.07) is 3.04. The lowest BCUT2D eigenvalue weighted by Gasteiger charge is -2.43. The number of ketones is 2. The maximum Gasteiger partial charge on any atom is 0.202 e. The summed E-state index contributed by atoms with van der Waals surface area (Å²) in [4.78, 5) is 28.5. The molecule has 0 amide bonds. The van der Waals surface area contributed by atoms with Crippen molar-refractivity contribution in [3.05, 3.63) is 28.8 Å². The summed E-state index contributed by atoms with van der Waals surface area (Å²) in [5.74, 6) is -3.95. The first-order chi connectivity index (χ1) is 31.1. The number of hydrogen-bond acceptors (Lipinski definition) is 21. The van der Waals surface area contributed by atoms with E-state index in [4.69, 9.17) is 42.6 Å². The van der Waals surface area contributed by atoms with Crippen molar-refractivity contribution in [3.63, 3.8) is 0 Å². The Bertz CT molecular complexity index is 2030. The van der Waals surface area contributed by atoms with Gasteiger partial charge in [0.15, 0.2) is 30.4 Å². The fraction of sp³-hybridized carbons (Fsp3) is 0.733. The highest BCUT2D eigenvalue weighted by molar-refractivity contribution is 6.11. The number of benzene rings is 2. The second-order valence-corrected chi connectivity index (χ2v) is 18.3. The van der Waals surface area contributed by atoms with Crippen LogP contribution in [0.3, 0.4) is 0 Å². The number of rotatable bonds is 13. The average Bonchev–Trinajstić information content (AvgIpc) is 3.25. The molecule has 370 valence electrons. The molecule has 0 aromatic heterocycles. The highest BCUT2D eigenvalue weighted by Gasteiger charge is 2.50. The molecule has 4 aliphatic heterocycles. The molecule has 21 nitrogen and oxygen atoms in total. The third kappa shape index (κ3) is 10.1. The van der Waals surface area contributed by atoms with Crippen LogP contribution in [0.5, 0.6) is 17.2 Å². The third-order valence-electron chi connectivity index (χ3n) is 13.5. The number of aliphatic hydroxyl groups excluding tert-OH is 8. The molecule has 21 atom stereocenters. The maximum absolute atomic E-state index is 14.8. The van der Waals surface area contributed by atoms with E-state index < -0.39 is 152 Å². The van der Waals surface area contributed by atoms with E-state index >= 15 is 0 Å². The number of phenols is 2. The highest BCUT2D eigenvalue weighted by Crippen LogP contribution is 2.47. The van der Waals surface area contributed by atoms with E-state index in [9.17, 15) is 60.7 Å². The standard InChI is InChI=1S/C45H64O21/c1-15-26(63-31-13-27(39(53)19(5)61-31)64-29-11-24(47)37(51)17(3)59-29)10-22-8-21-9-23(44(58-7)43(57)36(50)16(2)46)45(42(56)34(21)41(55)33(22)35(15)49)66-32-14-28(40(54)20(6)62-32)65-30-12-25(48)38(52)18(4)60-30/h8,10,16-20,23-25,27-32,36-40,44-55H,9,11-14H2,1-7H3/t16-,17-,18-,19-,20-,23+,24?,25+,27?,28?,29+,30+,31+,32+,36+,37-,38+,39-,40-,44+,45+/m1/s1. The van der Waals surface area contributed by atoms with Crippen molar-refractivity contribution in [3.8, 4) is 17.2 Å². The Morgan fingerprint density at radius 2 is 1.18 bits per heavy atom. The highest BCUT2D eigenvalue weighted by atomic mass is 16.7. The van der Waals surface area contributed by atoms with Gasteiger partial charge in [0.2, 0.25) is 6.29 Å². The average molecular weight is 941 g/mol. The van der Waals surface area contributed by atoms with Crippen LogP contribution in [0.4, 0.5) is 0 Å². The molecule has 5 aliphatic rings. The van der Waals surface area contributed by atoms with Crippen LogP contribution in [-0.4, -0.2) is 193 Å². The summed E-state index contributed by atoms with van der Waals surface area (Å²) in [5.41, 5.74) is 0.116. The van der Waals surface area contributed by atoms with E-state index in [-0.39, 0.29) is 65.3 Å². The van der Waals surface area contributed by atoms with Crippen LogP contribution in [-0.2, 0) is 49.1 Å². The fourth-order valence-electron chi connectivity index (χ4n) is 9.62. The Morgan fingerprint density at radius 3 is 1.68 bits per heavy atom.